The molecule has 0 aliphatic carbocycles. The summed E-state index contributed by atoms with van der Waals surface area (Å²) in [7, 11) is 0. The molecule has 1 amide bonds. The van der Waals surface area contributed by atoms with E-state index in [0.29, 0.717) is 28.3 Å². The van der Waals surface area contributed by atoms with Gasteiger partial charge < -0.3 is 21.1 Å². The number of hydrogen-bond donors (Lipinski definition) is 4. The van der Waals surface area contributed by atoms with Gasteiger partial charge in [-0.3, -0.25) is 4.79 Å². The summed E-state index contributed by atoms with van der Waals surface area (Å²) in [5.74, 6) is 0.0522. The number of pyridine rings is 1. The third-order valence-electron chi connectivity index (χ3n) is 4.69. The van der Waals surface area contributed by atoms with E-state index in [4.69, 9.17) is 5.26 Å². The Morgan fingerprint density at radius 1 is 1.34 bits per heavy atom. The SMILES string of the molecule is CC(C)Nc1c(C(=O)NC[C@@H](F)C(C)(C)O)cnn2cc(Nc3ccc(C#N)cn3)cc12. The summed E-state index contributed by atoms with van der Waals surface area (Å²) in [5.41, 5.74) is 1.03. The number of rotatable bonds is 8. The van der Waals surface area contributed by atoms with Crippen LogP contribution in [0.25, 0.3) is 5.52 Å². The van der Waals surface area contributed by atoms with E-state index >= 15 is 0 Å². The summed E-state index contributed by atoms with van der Waals surface area (Å²) in [4.78, 5) is 17.0. The summed E-state index contributed by atoms with van der Waals surface area (Å²) < 4.78 is 15.7. The third-order valence-corrected chi connectivity index (χ3v) is 4.69. The van der Waals surface area contributed by atoms with Gasteiger partial charge in [-0.2, -0.15) is 10.4 Å². The molecule has 0 saturated carbocycles. The fraction of sp³-hybridized carbons (Fsp3) is 0.364. The van der Waals surface area contributed by atoms with Crippen molar-refractivity contribution >= 4 is 28.6 Å². The molecule has 0 spiro atoms. The molecule has 0 aliphatic heterocycles. The van der Waals surface area contributed by atoms with E-state index in [2.05, 4.69) is 26.0 Å². The van der Waals surface area contributed by atoms with E-state index < -0.39 is 17.7 Å². The molecule has 0 radical (unpaired) electrons. The summed E-state index contributed by atoms with van der Waals surface area (Å²) in [6, 6.07) is 7.19. The van der Waals surface area contributed by atoms with E-state index in [1.807, 2.05) is 26.0 Å². The first-order valence-electron chi connectivity index (χ1n) is 10.1. The Labute approximate surface area is 185 Å². The number of aliphatic hydroxyl groups is 1. The molecule has 1 atom stereocenters. The molecule has 0 unspecified atom stereocenters. The maximum absolute atomic E-state index is 14.1. The number of halogens is 1. The van der Waals surface area contributed by atoms with Crippen LogP contribution >= 0.6 is 0 Å². The normalized spacial score (nSPS) is 12.4. The maximum Gasteiger partial charge on any atom is 0.255 e. The zero-order chi connectivity index (χ0) is 23.5. The van der Waals surface area contributed by atoms with Crippen LogP contribution in [0.1, 0.15) is 43.6 Å². The van der Waals surface area contributed by atoms with Crippen LogP contribution in [0.15, 0.2) is 36.8 Å². The number of aromatic nitrogens is 3. The smallest absolute Gasteiger partial charge is 0.255 e. The predicted molar refractivity (Wildman–Crippen MR) is 120 cm³/mol. The van der Waals surface area contributed by atoms with Crippen LogP contribution in [0.2, 0.25) is 0 Å². The van der Waals surface area contributed by atoms with Crippen LogP contribution in [-0.2, 0) is 0 Å². The monoisotopic (exact) mass is 439 g/mol. The van der Waals surface area contributed by atoms with E-state index in [1.54, 1.807) is 22.8 Å². The number of hydrogen-bond acceptors (Lipinski definition) is 7. The van der Waals surface area contributed by atoms with Crippen LogP contribution in [0.4, 0.5) is 21.6 Å². The summed E-state index contributed by atoms with van der Waals surface area (Å²) >= 11 is 0. The minimum atomic E-state index is -1.62. The van der Waals surface area contributed by atoms with Gasteiger partial charge in [0.2, 0.25) is 0 Å². The number of fused-ring (bicyclic) bond motifs is 1. The molecule has 3 aromatic heterocycles. The lowest BCUT2D eigenvalue weighted by Crippen LogP contribution is -2.42. The van der Waals surface area contributed by atoms with Gasteiger partial charge in [0.15, 0.2) is 0 Å². The second-order valence-corrected chi connectivity index (χ2v) is 8.29. The van der Waals surface area contributed by atoms with Gasteiger partial charge in [0.25, 0.3) is 5.91 Å². The lowest BCUT2D eigenvalue weighted by molar-refractivity contribution is -0.00177. The fourth-order valence-electron chi connectivity index (χ4n) is 2.95. The van der Waals surface area contributed by atoms with Gasteiger partial charge in [-0.25, -0.2) is 13.9 Å². The second-order valence-electron chi connectivity index (χ2n) is 8.29. The lowest BCUT2D eigenvalue weighted by atomic mass is 10.0. The van der Waals surface area contributed by atoms with Crippen molar-refractivity contribution in [2.75, 3.05) is 17.2 Å². The Bertz CT molecular complexity index is 1140. The van der Waals surface area contributed by atoms with Gasteiger partial charge in [-0.15, -0.1) is 0 Å². The molecule has 32 heavy (non-hydrogen) atoms. The average molecular weight is 439 g/mol. The third kappa shape index (κ3) is 5.31. The van der Waals surface area contributed by atoms with Gasteiger partial charge in [-0.05, 0) is 45.9 Å². The first-order valence-corrected chi connectivity index (χ1v) is 10.1. The Morgan fingerprint density at radius 3 is 2.69 bits per heavy atom. The van der Waals surface area contributed by atoms with E-state index in [-0.39, 0.29) is 18.2 Å². The number of nitrogens with one attached hydrogen (secondary N) is 3. The fourth-order valence-corrected chi connectivity index (χ4v) is 2.95. The largest absolute Gasteiger partial charge is 0.387 e. The van der Waals surface area contributed by atoms with Crippen molar-refractivity contribution in [3.05, 3.63) is 47.9 Å². The quantitative estimate of drug-likeness (QED) is 0.425. The Hall–Kier alpha value is -3.71. The molecule has 0 aliphatic rings. The van der Waals surface area contributed by atoms with Crippen LogP contribution in [0.3, 0.4) is 0 Å². The number of alkyl halides is 1. The molecule has 3 aromatic rings. The van der Waals surface area contributed by atoms with Crippen molar-refractivity contribution in [3.8, 4) is 6.07 Å². The van der Waals surface area contributed by atoms with Gasteiger partial charge in [0.05, 0.1) is 52.6 Å². The van der Waals surface area contributed by atoms with E-state index in [0.717, 1.165) is 0 Å². The Kier molecular flexibility index (Phi) is 6.60. The van der Waals surface area contributed by atoms with Gasteiger partial charge in [0.1, 0.15) is 18.1 Å². The molecular weight excluding hydrogens is 413 g/mol. The molecule has 4 N–H and O–H groups in total. The van der Waals surface area contributed by atoms with Crippen LogP contribution in [0.5, 0.6) is 0 Å². The molecule has 0 aromatic carbocycles. The highest BCUT2D eigenvalue weighted by Gasteiger charge is 2.27. The molecule has 0 bridgehead atoms. The van der Waals surface area contributed by atoms with Gasteiger partial charge in [0, 0.05) is 12.2 Å². The van der Waals surface area contributed by atoms with Crippen LogP contribution in [0, 0.1) is 11.3 Å². The van der Waals surface area contributed by atoms with E-state index in [9.17, 15) is 14.3 Å². The Balaban J connectivity index is 1.90. The van der Waals surface area contributed by atoms with Crippen molar-refractivity contribution in [2.45, 2.75) is 45.5 Å². The topological polar surface area (TPSA) is 127 Å². The first kappa shape index (κ1) is 23.0. The predicted octanol–water partition coefficient (Wildman–Crippen LogP) is 3.00. The molecule has 9 nitrogen and oxygen atoms in total. The number of amides is 1. The Morgan fingerprint density at radius 2 is 2.09 bits per heavy atom. The molecule has 10 heteroatoms. The summed E-state index contributed by atoms with van der Waals surface area (Å²) in [5, 5.41) is 31.9. The number of carbonyl (C=O) groups excluding carboxylic acids is 1. The molecule has 0 saturated heterocycles. The molecule has 0 fully saturated rings. The number of nitrogens with zero attached hydrogens (tertiary/aromatic N) is 4. The molecular formula is C22H26FN7O2. The number of nitriles is 1. The minimum absolute atomic E-state index is 0.0181. The first-order chi connectivity index (χ1) is 15.1. The molecule has 168 valence electrons. The summed E-state index contributed by atoms with van der Waals surface area (Å²) in [6.45, 7) is 6.25. The number of carbonyl (C=O) groups is 1. The molecule has 3 heterocycles. The maximum atomic E-state index is 14.1. The van der Waals surface area contributed by atoms with Crippen molar-refractivity contribution in [1.82, 2.24) is 19.9 Å². The van der Waals surface area contributed by atoms with Crippen molar-refractivity contribution in [1.29, 1.82) is 5.26 Å². The minimum Gasteiger partial charge on any atom is -0.387 e. The van der Waals surface area contributed by atoms with Crippen LogP contribution in [-0.4, -0.2) is 50.0 Å². The second kappa shape index (κ2) is 9.20. The van der Waals surface area contributed by atoms with Gasteiger partial charge >= 0.3 is 0 Å². The highest BCUT2D eigenvalue weighted by atomic mass is 19.1. The van der Waals surface area contributed by atoms with Crippen molar-refractivity contribution in [3.63, 3.8) is 0 Å². The summed E-state index contributed by atoms with van der Waals surface area (Å²) in [6.07, 6.45) is 3.01. The van der Waals surface area contributed by atoms with E-state index in [1.165, 1.54) is 26.2 Å². The van der Waals surface area contributed by atoms with Crippen molar-refractivity contribution < 1.29 is 14.3 Å². The van der Waals surface area contributed by atoms with Crippen LogP contribution < -0.4 is 16.0 Å². The highest BCUT2D eigenvalue weighted by molar-refractivity contribution is 6.03. The zero-order valence-corrected chi connectivity index (χ0v) is 18.3. The number of anilines is 3. The zero-order valence-electron chi connectivity index (χ0n) is 18.3. The molecule has 3 rings (SSSR count). The average Bonchev–Trinajstić information content (AvgIpc) is 3.14. The standard InChI is InChI=1S/C22H26FN7O2/c1-13(2)28-20-16(21(31)26-11-18(23)22(3,4)32)10-27-30-12-15(7-17(20)30)29-19-6-5-14(8-24)9-25-19/h5-7,9-10,12-13,18,28,32H,11H2,1-4H3,(H,25,29)(H,26,31)/t18-/m1/s1. The lowest BCUT2D eigenvalue weighted by Gasteiger charge is -2.23. The highest BCUT2D eigenvalue weighted by Crippen LogP contribution is 2.27. The van der Waals surface area contributed by atoms with Gasteiger partial charge in [-0.1, -0.05) is 0 Å². The van der Waals surface area contributed by atoms with Crippen molar-refractivity contribution in [2.24, 2.45) is 0 Å².